The minimum atomic E-state index is 0.231. The molecular weight excluding hydrogens is 162 g/mol. The zero-order chi connectivity index (χ0) is 9.84. The number of nitriles is 1. The molecule has 68 valence electrons. The van der Waals surface area contributed by atoms with Crippen LogP contribution in [0.4, 0.5) is 0 Å². The molecule has 0 aliphatic rings. The Morgan fingerprint density at radius 2 is 2.23 bits per heavy atom. The summed E-state index contributed by atoms with van der Waals surface area (Å²) in [6, 6.07) is 7.01. The number of aromatic hydroxyl groups is 1. The molecule has 1 atom stereocenters. The number of hydrogen-bond donors (Lipinski definition) is 1. The van der Waals surface area contributed by atoms with E-state index in [0.717, 1.165) is 12.0 Å². The van der Waals surface area contributed by atoms with Gasteiger partial charge in [0.05, 0.1) is 11.6 Å². The second kappa shape index (κ2) is 3.95. The van der Waals surface area contributed by atoms with E-state index in [9.17, 15) is 5.11 Å². The first-order valence-electron chi connectivity index (χ1n) is 4.42. The standard InChI is InChI=1S/C11H13NO/c1-3-8(2)11-6-10(13)5-4-9(11)7-12/h4-6,8,13H,3H2,1-2H3. The first kappa shape index (κ1) is 9.60. The second-order valence-electron chi connectivity index (χ2n) is 3.19. The summed E-state index contributed by atoms with van der Waals surface area (Å²) in [5.41, 5.74) is 1.59. The van der Waals surface area contributed by atoms with Gasteiger partial charge < -0.3 is 5.11 Å². The quantitative estimate of drug-likeness (QED) is 0.751. The van der Waals surface area contributed by atoms with Crippen molar-refractivity contribution in [2.45, 2.75) is 26.2 Å². The van der Waals surface area contributed by atoms with Crippen molar-refractivity contribution in [2.75, 3.05) is 0 Å². The third-order valence-electron chi connectivity index (χ3n) is 2.30. The highest BCUT2D eigenvalue weighted by molar-refractivity contribution is 5.43. The molecule has 0 amide bonds. The van der Waals surface area contributed by atoms with Gasteiger partial charge in [-0.2, -0.15) is 5.26 Å². The van der Waals surface area contributed by atoms with Crippen molar-refractivity contribution in [2.24, 2.45) is 0 Å². The van der Waals surface area contributed by atoms with Gasteiger partial charge in [-0.25, -0.2) is 0 Å². The number of benzene rings is 1. The van der Waals surface area contributed by atoms with E-state index in [0.29, 0.717) is 11.5 Å². The van der Waals surface area contributed by atoms with E-state index in [1.165, 1.54) is 0 Å². The maximum Gasteiger partial charge on any atom is 0.115 e. The molecule has 1 unspecified atom stereocenters. The summed E-state index contributed by atoms with van der Waals surface area (Å²) in [4.78, 5) is 0. The highest BCUT2D eigenvalue weighted by Crippen LogP contribution is 2.25. The average Bonchev–Trinajstić information content (AvgIpc) is 2.16. The van der Waals surface area contributed by atoms with Crippen molar-refractivity contribution in [1.82, 2.24) is 0 Å². The van der Waals surface area contributed by atoms with Crippen LogP contribution >= 0.6 is 0 Å². The molecule has 0 fully saturated rings. The lowest BCUT2D eigenvalue weighted by molar-refractivity contribution is 0.473. The van der Waals surface area contributed by atoms with E-state index >= 15 is 0 Å². The van der Waals surface area contributed by atoms with Crippen LogP contribution in [0.25, 0.3) is 0 Å². The van der Waals surface area contributed by atoms with Gasteiger partial charge >= 0.3 is 0 Å². The Bertz CT molecular complexity index is 338. The maximum absolute atomic E-state index is 9.27. The third-order valence-corrected chi connectivity index (χ3v) is 2.30. The predicted molar refractivity (Wildman–Crippen MR) is 51.5 cm³/mol. The van der Waals surface area contributed by atoms with Crippen molar-refractivity contribution in [3.05, 3.63) is 29.3 Å². The molecular formula is C11H13NO. The van der Waals surface area contributed by atoms with Crippen LogP contribution in [0.5, 0.6) is 5.75 Å². The summed E-state index contributed by atoms with van der Waals surface area (Å²) in [6.07, 6.45) is 0.970. The second-order valence-corrected chi connectivity index (χ2v) is 3.19. The van der Waals surface area contributed by atoms with Crippen molar-refractivity contribution < 1.29 is 5.11 Å². The summed E-state index contributed by atoms with van der Waals surface area (Å²) in [5.74, 6) is 0.552. The fourth-order valence-corrected chi connectivity index (χ4v) is 1.28. The molecule has 1 N–H and O–H groups in total. The van der Waals surface area contributed by atoms with Crippen LogP contribution in [0.1, 0.15) is 37.3 Å². The van der Waals surface area contributed by atoms with Crippen LogP contribution in [0, 0.1) is 11.3 Å². The van der Waals surface area contributed by atoms with Gasteiger partial charge in [-0.3, -0.25) is 0 Å². The number of hydrogen-bond acceptors (Lipinski definition) is 2. The zero-order valence-corrected chi connectivity index (χ0v) is 7.91. The van der Waals surface area contributed by atoms with Gasteiger partial charge in [0.15, 0.2) is 0 Å². The van der Waals surface area contributed by atoms with Gasteiger partial charge in [0.25, 0.3) is 0 Å². The lowest BCUT2D eigenvalue weighted by Gasteiger charge is -2.10. The van der Waals surface area contributed by atoms with E-state index in [1.807, 2.05) is 0 Å². The molecule has 0 spiro atoms. The van der Waals surface area contributed by atoms with E-state index < -0.39 is 0 Å². The highest BCUT2D eigenvalue weighted by Gasteiger charge is 2.09. The Balaban J connectivity index is 3.17. The normalized spacial score (nSPS) is 12.1. The Labute approximate surface area is 78.4 Å². The van der Waals surface area contributed by atoms with Gasteiger partial charge in [-0.15, -0.1) is 0 Å². The molecule has 2 heteroatoms. The summed E-state index contributed by atoms with van der Waals surface area (Å²) >= 11 is 0. The van der Waals surface area contributed by atoms with Crippen LogP contribution in [-0.4, -0.2) is 5.11 Å². The predicted octanol–water partition coefficient (Wildman–Crippen LogP) is 2.78. The van der Waals surface area contributed by atoms with E-state index in [2.05, 4.69) is 19.9 Å². The number of phenolic OH excluding ortho intramolecular Hbond substituents is 1. The first-order valence-corrected chi connectivity index (χ1v) is 4.42. The molecule has 0 aliphatic heterocycles. The molecule has 0 aromatic heterocycles. The summed E-state index contributed by atoms with van der Waals surface area (Å²) in [5, 5.41) is 18.1. The molecule has 1 aromatic carbocycles. The van der Waals surface area contributed by atoms with Crippen molar-refractivity contribution in [3.8, 4) is 11.8 Å². The zero-order valence-electron chi connectivity index (χ0n) is 7.91. The van der Waals surface area contributed by atoms with Crippen LogP contribution in [0.2, 0.25) is 0 Å². The fourth-order valence-electron chi connectivity index (χ4n) is 1.28. The molecule has 0 bridgehead atoms. The van der Waals surface area contributed by atoms with Crippen LogP contribution in [0.3, 0.4) is 0 Å². The Morgan fingerprint density at radius 3 is 2.77 bits per heavy atom. The molecule has 0 saturated heterocycles. The lowest BCUT2D eigenvalue weighted by Crippen LogP contribution is -1.94. The number of rotatable bonds is 2. The van der Waals surface area contributed by atoms with Gasteiger partial charge in [0.1, 0.15) is 5.75 Å². The fraction of sp³-hybridized carbons (Fsp3) is 0.364. The molecule has 2 nitrogen and oxygen atoms in total. The highest BCUT2D eigenvalue weighted by atomic mass is 16.3. The molecule has 0 radical (unpaired) electrons. The number of phenols is 1. The first-order chi connectivity index (χ1) is 6.19. The minimum absolute atomic E-state index is 0.231. The molecule has 0 heterocycles. The smallest absolute Gasteiger partial charge is 0.115 e. The Morgan fingerprint density at radius 1 is 1.54 bits per heavy atom. The van der Waals surface area contributed by atoms with E-state index in [4.69, 9.17) is 5.26 Å². The maximum atomic E-state index is 9.27. The molecule has 0 saturated carbocycles. The van der Waals surface area contributed by atoms with Crippen molar-refractivity contribution in [3.63, 3.8) is 0 Å². The van der Waals surface area contributed by atoms with Crippen molar-refractivity contribution in [1.29, 1.82) is 5.26 Å². The molecule has 13 heavy (non-hydrogen) atoms. The van der Waals surface area contributed by atoms with Gasteiger partial charge in [-0.05, 0) is 36.1 Å². The van der Waals surface area contributed by atoms with Crippen LogP contribution in [0.15, 0.2) is 18.2 Å². The Kier molecular flexibility index (Phi) is 2.92. The van der Waals surface area contributed by atoms with Crippen LogP contribution in [-0.2, 0) is 0 Å². The topological polar surface area (TPSA) is 44.0 Å². The summed E-state index contributed by atoms with van der Waals surface area (Å²) < 4.78 is 0. The monoisotopic (exact) mass is 175 g/mol. The molecule has 0 aliphatic carbocycles. The number of nitrogens with zero attached hydrogens (tertiary/aromatic N) is 1. The third kappa shape index (κ3) is 2.00. The summed E-state index contributed by atoms with van der Waals surface area (Å²) in [6.45, 7) is 4.12. The average molecular weight is 175 g/mol. The van der Waals surface area contributed by atoms with Gasteiger partial charge in [0, 0.05) is 0 Å². The van der Waals surface area contributed by atoms with Gasteiger partial charge in [0.2, 0.25) is 0 Å². The van der Waals surface area contributed by atoms with E-state index in [1.54, 1.807) is 18.2 Å². The van der Waals surface area contributed by atoms with Gasteiger partial charge in [-0.1, -0.05) is 13.8 Å². The SMILES string of the molecule is CCC(C)c1cc(O)ccc1C#N. The molecule has 1 aromatic rings. The Hall–Kier alpha value is -1.49. The summed E-state index contributed by atoms with van der Waals surface area (Å²) in [7, 11) is 0. The van der Waals surface area contributed by atoms with E-state index in [-0.39, 0.29) is 5.75 Å². The largest absolute Gasteiger partial charge is 0.508 e. The lowest BCUT2D eigenvalue weighted by atomic mass is 9.94. The van der Waals surface area contributed by atoms with Crippen LogP contribution < -0.4 is 0 Å². The minimum Gasteiger partial charge on any atom is -0.508 e. The molecule has 1 rings (SSSR count). The van der Waals surface area contributed by atoms with Crippen molar-refractivity contribution >= 4 is 0 Å².